The highest BCUT2D eigenvalue weighted by atomic mass is 35.5. The summed E-state index contributed by atoms with van der Waals surface area (Å²) in [6, 6.07) is 3.67. The predicted molar refractivity (Wildman–Crippen MR) is 83.5 cm³/mol. The Balaban J connectivity index is 2.08. The van der Waals surface area contributed by atoms with Gasteiger partial charge in [-0.25, -0.2) is 0 Å². The Morgan fingerprint density at radius 1 is 1.43 bits per heavy atom. The zero-order valence-electron chi connectivity index (χ0n) is 12.8. The Morgan fingerprint density at radius 3 is 2.62 bits per heavy atom. The van der Waals surface area contributed by atoms with Crippen LogP contribution < -0.4 is 5.32 Å². The van der Waals surface area contributed by atoms with Crippen LogP contribution in [0.1, 0.15) is 35.9 Å². The molecule has 2 aromatic heterocycles. The average molecular weight is 309 g/mol. The van der Waals surface area contributed by atoms with Gasteiger partial charge in [0, 0.05) is 44.6 Å². The zero-order valence-corrected chi connectivity index (χ0v) is 13.6. The number of halogens is 1. The van der Waals surface area contributed by atoms with Crippen molar-refractivity contribution in [1.82, 2.24) is 19.7 Å². The van der Waals surface area contributed by atoms with Gasteiger partial charge in [0.2, 0.25) is 0 Å². The van der Waals surface area contributed by atoms with Crippen LogP contribution in [0.3, 0.4) is 0 Å². The minimum atomic E-state index is -0.114. The first kappa shape index (κ1) is 15.6. The first-order valence-corrected chi connectivity index (χ1v) is 7.36. The van der Waals surface area contributed by atoms with Crippen LogP contribution in [0.4, 0.5) is 0 Å². The third-order valence-electron chi connectivity index (χ3n) is 3.73. The van der Waals surface area contributed by atoms with E-state index in [0.717, 1.165) is 5.69 Å². The van der Waals surface area contributed by atoms with Crippen LogP contribution in [-0.2, 0) is 14.1 Å². The molecule has 0 aliphatic carbocycles. The number of rotatable bonds is 5. The first-order valence-electron chi connectivity index (χ1n) is 6.98. The van der Waals surface area contributed by atoms with Crippen LogP contribution in [0.15, 0.2) is 24.5 Å². The molecule has 0 saturated carbocycles. The normalized spacial score (nSPS) is 12.7. The molecule has 0 aliphatic rings. The van der Waals surface area contributed by atoms with Crippen LogP contribution in [0.5, 0.6) is 0 Å². The second kappa shape index (κ2) is 6.35. The molecule has 0 unspecified atom stereocenters. The first-order chi connectivity index (χ1) is 9.90. The predicted octanol–water partition coefficient (Wildman–Crippen LogP) is 2.58. The van der Waals surface area contributed by atoms with Gasteiger partial charge in [-0.05, 0) is 18.1 Å². The number of hydrogen-bond acceptors (Lipinski definition) is 2. The highest BCUT2D eigenvalue weighted by Gasteiger charge is 2.20. The van der Waals surface area contributed by atoms with E-state index in [1.807, 2.05) is 24.8 Å². The van der Waals surface area contributed by atoms with Gasteiger partial charge >= 0.3 is 0 Å². The number of aryl methyl sites for hydroxylation is 2. The van der Waals surface area contributed by atoms with Crippen LogP contribution >= 0.6 is 11.6 Å². The van der Waals surface area contributed by atoms with Crippen molar-refractivity contribution >= 4 is 17.5 Å². The fourth-order valence-corrected chi connectivity index (χ4v) is 2.72. The highest BCUT2D eigenvalue weighted by molar-refractivity contribution is 6.31. The average Bonchev–Trinajstić information content (AvgIpc) is 2.95. The van der Waals surface area contributed by atoms with Crippen molar-refractivity contribution in [1.29, 1.82) is 0 Å². The van der Waals surface area contributed by atoms with E-state index in [4.69, 9.17) is 11.6 Å². The fraction of sp³-hybridized carbons (Fsp3) is 0.467. The summed E-state index contributed by atoms with van der Waals surface area (Å²) in [4.78, 5) is 12.2. The van der Waals surface area contributed by atoms with Crippen molar-refractivity contribution in [3.05, 3.63) is 40.9 Å². The largest absolute Gasteiger partial charge is 0.350 e. The Morgan fingerprint density at radius 2 is 2.14 bits per heavy atom. The smallest absolute Gasteiger partial charge is 0.267 e. The molecule has 0 bridgehead atoms. The Hall–Kier alpha value is -1.75. The lowest BCUT2D eigenvalue weighted by atomic mass is 9.92. The van der Waals surface area contributed by atoms with Crippen LogP contribution in [-0.4, -0.2) is 26.8 Å². The van der Waals surface area contributed by atoms with Gasteiger partial charge in [-0.1, -0.05) is 25.4 Å². The molecule has 0 radical (unpaired) electrons. The van der Waals surface area contributed by atoms with Gasteiger partial charge in [0.25, 0.3) is 5.91 Å². The molecule has 0 fully saturated rings. The highest BCUT2D eigenvalue weighted by Crippen LogP contribution is 2.23. The SMILES string of the molecule is CC(C)[C@@H](CNC(=O)c1cc(Cl)cn1C)c1ccnn1C. The van der Waals surface area contributed by atoms with E-state index in [2.05, 4.69) is 24.3 Å². The second-order valence-corrected chi connectivity index (χ2v) is 6.03. The van der Waals surface area contributed by atoms with E-state index < -0.39 is 0 Å². The van der Waals surface area contributed by atoms with Gasteiger partial charge in [-0.3, -0.25) is 9.48 Å². The number of aromatic nitrogens is 3. The maximum atomic E-state index is 12.2. The molecular weight excluding hydrogens is 288 g/mol. The van der Waals surface area contributed by atoms with Crippen LogP contribution in [0, 0.1) is 5.92 Å². The third kappa shape index (κ3) is 3.47. The monoisotopic (exact) mass is 308 g/mol. The molecular formula is C15H21ClN4O. The van der Waals surface area contributed by atoms with Crippen molar-refractivity contribution in [2.75, 3.05) is 6.54 Å². The van der Waals surface area contributed by atoms with E-state index in [1.54, 1.807) is 23.0 Å². The van der Waals surface area contributed by atoms with E-state index in [0.29, 0.717) is 23.2 Å². The molecule has 0 aromatic carbocycles. The third-order valence-corrected chi connectivity index (χ3v) is 3.94. The van der Waals surface area contributed by atoms with E-state index in [-0.39, 0.29) is 11.8 Å². The number of carbonyl (C=O) groups is 1. The summed E-state index contributed by atoms with van der Waals surface area (Å²) in [5.41, 5.74) is 1.68. The lowest BCUT2D eigenvalue weighted by Gasteiger charge is -2.21. The zero-order chi connectivity index (χ0) is 15.6. The summed E-state index contributed by atoms with van der Waals surface area (Å²) in [7, 11) is 3.73. The van der Waals surface area contributed by atoms with Crippen LogP contribution in [0.25, 0.3) is 0 Å². The molecule has 0 saturated heterocycles. The van der Waals surface area contributed by atoms with E-state index in [9.17, 15) is 4.79 Å². The van der Waals surface area contributed by atoms with Gasteiger partial charge in [-0.15, -0.1) is 0 Å². The summed E-state index contributed by atoms with van der Waals surface area (Å²) in [5, 5.41) is 7.76. The van der Waals surface area contributed by atoms with Crippen molar-refractivity contribution < 1.29 is 4.79 Å². The van der Waals surface area contributed by atoms with Crippen molar-refractivity contribution in [2.24, 2.45) is 20.0 Å². The van der Waals surface area contributed by atoms with E-state index >= 15 is 0 Å². The standard InChI is InChI=1S/C15H21ClN4O/c1-10(2)12(13-5-6-18-20(13)4)8-17-15(21)14-7-11(16)9-19(14)3/h5-7,9-10,12H,8H2,1-4H3,(H,17,21)/t12-/m1/s1. The molecule has 2 heterocycles. The van der Waals surface area contributed by atoms with Gasteiger partial charge in [0.05, 0.1) is 5.02 Å². The van der Waals surface area contributed by atoms with Crippen LogP contribution in [0.2, 0.25) is 5.02 Å². The molecule has 1 N–H and O–H groups in total. The van der Waals surface area contributed by atoms with Crippen molar-refractivity contribution in [2.45, 2.75) is 19.8 Å². The molecule has 0 aliphatic heterocycles. The summed E-state index contributed by atoms with van der Waals surface area (Å²) >= 11 is 5.91. The summed E-state index contributed by atoms with van der Waals surface area (Å²) in [6.45, 7) is 4.85. The minimum absolute atomic E-state index is 0.114. The summed E-state index contributed by atoms with van der Waals surface area (Å²) in [5.74, 6) is 0.507. The van der Waals surface area contributed by atoms with Crippen molar-refractivity contribution in [3.63, 3.8) is 0 Å². The summed E-state index contributed by atoms with van der Waals surface area (Å²) in [6.07, 6.45) is 3.50. The molecule has 6 heteroatoms. The molecule has 1 atom stereocenters. The molecule has 21 heavy (non-hydrogen) atoms. The molecule has 5 nitrogen and oxygen atoms in total. The Kier molecular flexibility index (Phi) is 4.73. The lowest BCUT2D eigenvalue weighted by molar-refractivity contribution is 0.0940. The quantitative estimate of drug-likeness (QED) is 0.923. The maximum Gasteiger partial charge on any atom is 0.267 e. The number of amides is 1. The second-order valence-electron chi connectivity index (χ2n) is 5.59. The van der Waals surface area contributed by atoms with Gasteiger partial charge in [0.15, 0.2) is 0 Å². The van der Waals surface area contributed by atoms with Gasteiger partial charge < -0.3 is 9.88 Å². The minimum Gasteiger partial charge on any atom is -0.350 e. The molecule has 114 valence electrons. The van der Waals surface area contributed by atoms with E-state index in [1.165, 1.54) is 0 Å². The lowest BCUT2D eigenvalue weighted by Crippen LogP contribution is -2.32. The molecule has 0 spiro atoms. The summed E-state index contributed by atoms with van der Waals surface area (Å²) < 4.78 is 3.59. The Bertz CT molecular complexity index is 629. The maximum absolute atomic E-state index is 12.2. The molecule has 2 aromatic rings. The number of carbonyl (C=O) groups excluding carboxylic acids is 1. The Labute approximate surface area is 129 Å². The topological polar surface area (TPSA) is 51.9 Å². The number of nitrogens with one attached hydrogen (secondary N) is 1. The van der Waals surface area contributed by atoms with Gasteiger partial charge in [-0.2, -0.15) is 5.10 Å². The fourth-order valence-electron chi connectivity index (χ4n) is 2.47. The molecule has 2 rings (SSSR count). The number of hydrogen-bond donors (Lipinski definition) is 1. The molecule has 1 amide bonds. The van der Waals surface area contributed by atoms with Gasteiger partial charge in [0.1, 0.15) is 5.69 Å². The van der Waals surface area contributed by atoms with Crippen molar-refractivity contribution in [3.8, 4) is 0 Å². The number of nitrogens with zero attached hydrogens (tertiary/aromatic N) is 3.